The molecule has 0 spiro atoms. The van der Waals surface area contributed by atoms with Crippen LogP contribution in [0.5, 0.6) is 0 Å². The Hall–Kier alpha value is -8.68. The van der Waals surface area contributed by atoms with Crippen molar-refractivity contribution in [1.82, 2.24) is 9.13 Å². The Morgan fingerprint density at radius 1 is 0.414 bits per heavy atom. The summed E-state index contributed by atoms with van der Waals surface area (Å²) in [6.07, 6.45) is 0. The van der Waals surface area contributed by atoms with Crippen LogP contribution in [0.1, 0.15) is 5.56 Å². The minimum absolute atomic E-state index is 0.434. The summed E-state index contributed by atoms with van der Waals surface area (Å²) >= 11 is 0. The highest BCUT2D eigenvalue weighted by atomic mass is 15.1. The quantitative estimate of drug-likeness (QED) is 0.162. The first-order valence-corrected chi connectivity index (χ1v) is 18.7. The van der Waals surface area contributed by atoms with Crippen LogP contribution in [0, 0.1) is 31.0 Å². The van der Waals surface area contributed by atoms with Crippen molar-refractivity contribution in [2.75, 3.05) is 0 Å². The maximum Gasteiger partial charge on any atom is 0.234 e. The monoisotopic (exact) mass is 736 g/mol. The molecule has 0 saturated carbocycles. The van der Waals surface area contributed by atoms with E-state index in [-0.39, 0.29) is 0 Å². The number of fused-ring (bicyclic) bond motifs is 6. The Morgan fingerprint density at radius 2 is 0.931 bits per heavy atom. The molecule has 0 amide bonds. The Balaban J connectivity index is 1.35. The second kappa shape index (κ2) is 13.6. The molecule has 0 N–H and O–H groups in total. The molecular weight excluding hydrogens is 709 g/mol. The van der Waals surface area contributed by atoms with Crippen molar-refractivity contribution in [3.63, 3.8) is 0 Å². The summed E-state index contributed by atoms with van der Waals surface area (Å²) in [6, 6.07) is 58.2. The van der Waals surface area contributed by atoms with E-state index in [1.54, 1.807) is 6.07 Å². The first kappa shape index (κ1) is 33.9. The van der Waals surface area contributed by atoms with Crippen LogP contribution in [-0.2, 0) is 0 Å². The molecule has 0 radical (unpaired) electrons. The molecule has 6 nitrogen and oxygen atoms in total. The van der Waals surface area contributed by atoms with Gasteiger partial charge >= 0.3 is 0 Å². The topological polar surface area (TPSA) is 46.7 Å². The van der Waals surface area contributed by atoms with Gasteiger partial charge in [-0.2, -0.15) is 5.26 Å². The summed E-state index contributed by atoms with van der Waals surface area (Å²) in [7, 11) is 0. The zero-order valence-corrected chi connectivity index (χ0v) is 30.8. The molecule has 2 aromatic heterocycles. The molecule has 0 saturated heterocycles. The molecule has 0 aliphatic carbocycles. The largest absolute Gasteiger partial charge is 0.319 e. The zero-order chi connectivity index (χ0) is 39.3. The van der Waals surface area contributed by atoms with Crippen molar-refractivity contribution in [3.05, 3.63) is 210 Å². The standard InChI is InChI=1S/C52H28N6/c1-54-44-19-8-4-15-37(44)35-23-25-42-40-17-6-10-21-46(40)57(49(42)30-35)48-28-27-39(34-14-12-13-33(29-34)32-53)52(51(48)56-3)58-47-22-11-7-18-41(47)43-26-24-36(31-50(43)58)38-16-5-9-20-45(38)55-2/h4-31H. The van der Waals surface area contributed by atoms with Crippen LogP contribution in [0.15, 0.2) is 170 Å². The number of rotatable bonds is 5. The maximum absolute atomic E-state index is 9.99. The molecule has 58 heavy (non-hydrogen) atoms. The average molecular weight is 737 g/mol. The third-order valence-electron chi connectivity index (χ3n) is 11.0. The highest BCUT2D eigenvalue weighted by Crippen LogP contribution is 2.47. The van der Waals surface area contributed by atoms with Gasteiger partial charge in [-0.1, -0.05) is 127 Å². The number of hydrogen-bond donors (Lipinski definition) is 0. The van der Waals surface area contributed by atoms with Gasteiger partial charge in [0.05, 0.1) is 64.8 Å². The van der Waals surface area contributed by atoms with E-state index in [1.807, 2.05) is 97.1 Å². The van der Waals surface area contributed by atoms with Crippen LogP contribution in [0.2, 0.25) is 0 Å². The lowest BCUT2D eigenvalue weighted by Gasteiger charge is -2.20. The molecule has 10 rings (SSSR count). The summed E-state index contributed by atoms with van der Waals surface area (Å²) in [5.74, 6) is 0. The van der Waals surface area contributed by atoms with E-state index in [4.69, 9.17) is 19.7 Å². The zero-order valence-electron chi connectivity index (χ0n) is 30.8. The lowest BCUT2D eigenvalue weighted by atomic mass is 9.98. The minimum atomic E-state index is 0.434. The molecule has 0 unspecified atom stereocenters. The van der Waals surface area contributed by atoms with Crippen LogP contribution < -0.4 is 0 Å². The van der Waals surface area contributed by atoms with Gasteiger partial charge < -0.3 is 9.13 Å². The molecule has 10 aromatic rings. The van der Waals surface area contributed by atoms with Crippen LogP contribution in [0.3, 0.4) is 0 Å². The first-order chi connectivity index (χ1) is 28.6. The molecule has 0 bridgehead atoms. The summed E-state index contributed by atoms with van der Waals surface area (Å²) in [5.41, 5.74) is 12.2. The Bertz CT molecular complexity index is 3520. The van der Waals surface area contributed by atoms with Crippen molar-refractivity contribution in [1.29, 1.82) is 5.26 Å². The van der Waals surface area contributed by atoms with Crippen molar-refractivity contribution >= 4 is 60.7 Å². The third-order valence-corrected chi connectivity index (χ3v) is 11.0. The number of benzene rings is 8. The van der Waals surface area contributed by atoms with Gasteiger partial charge in [0.25, 0.3) is 0 Å². The first-order valence-electron chi connectivity index (χ1n) is 18.7. The average Bonchev–Trinajstić information content (AvgIpc) is 3.80. The van der Waals surface area contributed by atoms with Crippen molar-refractivity contribution in [3.8, 4) is 50.8 Å². The van der Waals surface area contributed by atoms with E-state index >= 15 is 0 Å². The molecule has 0 aliphatic rings. The fourth-order valence-corrected chi connectivity index (χ4v) is 8.48. The van der Waals surface area contributed by atoms with Crippen LogP contribution in [0.25, 0.3) is 103 Å². The predicted molar refractivity (Wildman–Crippen MR) is 235 cm³/mol. The van der Waals surface area contributed by atoms with E-state index < -0.39 is 0 Å². The molecule has 0 atom stereocenters. The maximum atomic E-state index is 9.99. The van der Waals surface area contributed by atoms with Gasteiger partial charge in [0.2, 0.25) is 5.69 Å². The molecular formula is C52H28N6. The Morgan fingerprint density at radius 3 is 1.52 bits per heavy atom. The minimum Gasteiger partial charge on any atom is -0.319 e. The molecule has 2 heterocycles. The number of nitrogens with zero attached hydrogens (tertiary/aromatic N) is 6. The second-order valence-electron chi connectivity index (χ2n) is 14.1. The molecule has 0 fully saturated rings. The smallest absolute Gasteiger partial charge is 0.234 e. The fraction of sp³-hybridized carbons (Fsp3) is 0. The summed E-state index contributed by atoms with van der Waals surface area (Å²) in [4.78, 5) is 12.1. The second-order valence-corrected chi connectivity index (χ2v) is 14.1. The third kappa shape index (κ3) is 5.16. The van der Waals surface area contributed by atoms with Gasteiger partial charge in [0.15, 0.2) is 11.4 Å². The van der Waals surface area contributed by atoms with Gasteiger partial charge in [-0.15, -0.1) is 0 Å². The lowest BCUT2D eigenvalue weighted by Crippen LogP contribution is -2.03. The SMILES string of the molecule is [C-]#[N+]c1ccccc1-c1ccc2c3ccccc3n(-c3ccc(-c4cccc(C#N)c4)c(-n4c5ccccc5c5ccc(-c6ccccc6[N+]#[C-])cc54)c3[N+]#[C-])c2c1. The van der Waals surface area contributed by atoms with E-state index in [9.17, 15) is 5.26 Å². The van der Waals surface area contributed by atoms with Gasteiger partial charge in [-0.25, -0.2) is 14.5 Å². The fourth-order valence-electron chi connectivity index (χ4n) is 8.48. The number of para-hydroxylation sites is 4. The summed E-state index contributed by atoms with van der Waals surface area (Å²) in [6.45, 7) is 24.8. The molecule has 266 valence electrons. The van der Waals surface area contributed by atoms with Gasteiger partial charge in [0.1, 0.15) is 0 Å². The number of hydrogen-bond acceptors (Lipinski definition) is 1. The van der Waals surface area contributed by atoms with Crippen LogP contribution >= 0.6 is 0 Å². The summed E-state index contributed by atoms with van der Waals surface area (Å²) < 4.78 is 4.36. The van der Waals surface area contributed by atoms with E-state index in [1.165, 1.54) is 0 Å². The van der Waals surface area contributed by atoms with Crippen LogP contribution in [-0.4, -0.2) is 9.13 Å². The highest BCUT2D eigenvalue weighted by molar-refractivity contribution is 6.14. The Kier molecular flexibility index (Phi) is 7.92. The lowest BCUT2D eigenvalue weighted by molar-refractivity contribution is 1.15. The van der Waals surface area contributed by atoms with Crippen molar-refractivity contribution < 1.29 is 0 Å². The molecule has 8 aromatic carbocycles. The number of nitriles is 1. The molecule has 6 heteroatoms. The van der Waals surface area contributed by atoms with Gasteiger partial charge in [0, 0.05) is 21.5 Å². The van der Waals surface area contributed by atoms with Gasteiger partial charge in [-0.05, 0) is 75.8 Å². The number of aromatic nitrogens is 2. The Labute approximate surface area is 334 Å². The predicted octanol–water partition coefficient (Wildman–Crippen LogP) is 14.4. The van der Waals surface area contributed by atoms with E-state index in [0.29, 0.717) is 34.0 Å². The van der Waals surface area contributed by atoms with Gasteiger partial charge in [-0.3, -0.25) is 0 Å². The summed E-state index contributed by atoms with van der Waals surface area (Å²) in [5, 5.41) is 14.1. The highest BCUT2D eigenvalue weighted by Gasteiger charge is 2.25. The van der Waals surface area contributed by atoms with Crippen molar-refractivity contribution in [2.45, 2.75) is 0 Å². The van der Waals surface area contributed by atoms with Crippen LogP contribution in [0.4, 0.5) is 17.1 Å². The normalized spacial score (nSPS) is 11.0. The van der Waals surface area contributed by atoms with Crippen molar-refractivity contribution in [2.24, 2.45) is 0 Å². The molecule has 0 aliphatic heterocycles. The van der Waals surface area contributed by atoms with E-state index in [0.717, 1.165) is 77.0 Å². The van der Waals surface area contributed by atoms with E-state index in [2.05, 4.69) is 96.5 Å².